The second-order valence-corrected chi connectivity index (χ2v) is 7.92. The van der Waals surface area contributed by atoms with Crippen LogP contribution in [0, 0.1) is 20.8 Å². The molecule has 2 aromatic carbocycles. The first-order chi connectivity index (χ1) is 13.7. The summed E-state index contributed by atoms with van der Waals surface area (Å²) in [5.41, 5.74) is 3.49. The molecule has 3 rings (SSSR count). The fraction of sp³-hybridized carbons (Fsp3) is 0.304. The standard InChI is InChI=1S/C23H25NO4S/c1-14-12-15(2)18(16(3)13-14)19-20(23(4,5)24(26-6)21(19)25)28-22(29)27-17-10-8-7-9-11-17/h7-13H,1-6H3. The van der Waals surface area contributed by atoms with Crippen molar-refractivity contribution in [2.75, 3.05) is 7.11 Å². The first-order valence-corrected chi connectivity index (χ1v) is 9.74. The van der Waals surface area contributed by atoms with Crippen molar-refractivity contribution < 1.29 is 19.1 Å². The number of hydrogen-bond donors (Lipinski definition) is 0. The van der Waals surface area contributed by atoms with Crippen molar-refractivity contribution in [1.82, 2.24) is 5.06 Å². The molecule has 0 bridgehead atoms. The van der Waals surface area contributed by atoms with Gasteiger partial charge in [-0.2, -0.15) is 0 Å². The van der Waals surface area contributed by atoms with Crippen molar-refractivity contribution in [3.63, 3.8) is 0 Å². The molecule has 152 valence electrons. The first kappa shape index (κ1) is 21.0. The minimum atomic E-state index is -0.866. The number of carbonyl (C=O) groups is 1. The molecule has 0 fully saturated rings. The second kappa shape index (κ2) is 7.97. The molecule has 1 aliphatic heterocycles. The maximum Gasteiger partial charge on any atom is 0.363 e. The van der Waals surface area contributed by atoms with Crippen LogP contribution in [0.25, 0.3) is 5.57 Å². The van der Waals surface area contributed by atoms with Gasteiger partial charge in [-0.15, -0.1) is 0 Å². The fourth-order valence-corrected chi connectivity index (χ4v) is 4.00. The quantitative estimate of drug-likeness (QED) is 0.671. The molecule has 0 atom stereocenters. The third-order valence-corrected chi connectivity index (χ3v) is 5.09. The smallest absolute Gasteiger partial charge is 0.363 e. The minimum Gasteiger partial charge on any atom is -0.418 e. The Labute approximate surface area is 176 Å². The Morgan fingerprint density at radius 1 is 1.00 bits per heavy atom. The predicted octanol–water partition coefficient (Wildman–Crippen LogP) is 4.89. The van der Waals surface area contributed by atoms with Gasteiger partial charge in [-0.3, -0.25) is 9.63 Å². The van der Waals surface area contributed by atoms with E-state index in [0.717, 1.165) is 22.3 Å². The summed E-state index contributed by atoms with van der Waals surface area (Å²) < 4.78 is 11.6. The van der Waals surface area contributed by atoms with Crippen LogP contribution < -0.4 is 4.74 Å². The van der Waals surface area contributed by atoms with E-state index in [0.29, 0.717) is 17.1 Å². The number of ether oxygens (including phenoxy) is 2. The fourth-order valence-electron chi connectivity index (χ4n) is 3.82. The van der Waals surface area contributed by atoms with Crippen LogP contribution in [0.2, 0.25) is 0 Å². The van der Waals surface area contributed by atoms with Gasteiger partial charge in [-0.25, -0.2) is 5.06 Å². The average molecular weight is 412 g/mol. The van der Waals surface area contributed by atoms with Crippen molar-refractivity contribution in [1.29, 1.82) is 0 Å². The number of nitrogens with zero attached hydrogens (tertiary/aromatic N) is 1. The number of carbonyl (C=O) groups excluding carboxylic acids is 1. The topological polar surface area (TPSA) is 48.0 Å². The molecule has 0 N–H and O–H groups in total. The van der Waals surface area contributed by atoms with Gasteiger partial charge in [0.25, 0.3) is 5.91 Å². The summed E-state index contributed by atoms with van der Waals surface area (Å²) in [5, 5.41) is 1.23. The highest BCUT2D eigenvalue weighted by atomic mass is 32.1. The Hall–Kier alpha value is -2.70. The molecular weight excluding hydrogens is 386 g/mol. The molecule has 1 aliphatic rings. The van der Waals surface area contributed by atoms with Crippen molar-refractivity contribution in [3.05, 3.63) is 70.5 Å². The zero-order chi connectivity index (χ0) is 21.3. The van der Waals surface area contributed by atoms with Gasteiger partial charge in [-0.05, 0) is 63.4 Å². The normalized spacial score (nSPS) is 15.7. The van der Waals surface area contributed by atoms with Crippen LogP contribution >= 0.6 is 12.2 Å². The van der Waals surface area contributed by atoms with Crippen LogP contribution in [0.1, 0.15) is 36.1 Å². The van der Waals surface area contributed by atoms with Crippen molar-refractivity contribution in [2.24, 2.45) is 0 Å². The van der Waals surface area contributed by atoms with E-state index in [1.54, 1.807) is 12.1 Å². The maximum absolute atomic E-state index is 13.3. The third kappa shape index (κ3) is 3.91. The van der Waals surface area contributed by atoms with Crippen LogP contribution in [0.5, 0.6) is 5.75 Å². The number of thiocarbonyl (C=S) groups is 1. The number of aryl methyl sites for hydroxylation is 3. The molecule has 5 nitrogen and oxygen atoms in total. The molecule has 0 aliphatic carbocycles. The van der Waals surface area contributed by atoms with E-state index in [1.165, 1.54) is 12.2 Å². The maximum atomic E-state index is 13.3. The average Bonchev–Trinajstić information content (AvgIpc) is 2.81. The highest BCUT2D eigenvalue weighted by Crippen LogP contribution is 2.42. The Morgan fingerprint density at radius 3 is 2.14 bits per heavy atom. The molecule has 0 unspecified atom stereocenters. The zero-order valence-corrected chi connectivity index (χ0v) is 18.3. The third-order valence-electron chi connectivity index (χ3n) is 4.93. The lowest BCUT2D eigenvalue weighted by Crippen LogP contribution is -2.43. The van der Waals surface area contributed by atoms with Crippen LogP contribution in [0.4, 0.5) is 0 Å². The lowest BCUT2D eigenvalue weighted by atomic mass is 9.91. The van der Waals surface area contributed by atoms with Gasteiger partial charge in [0.2, 0.25) is 0 Å². The molecule has 6 heteroatoms. The summed E-state index contributed by atoms with van der Waals surface area (Å²) in [7, 11) is 1.47. The molecule has 2 aromatic rings. The molecule has 0 aromatic heterocycles. The van der Waals surface area contributed by atoms with Crippen molar-refractivity contribution in [2.45, 2.75) is 40.2 Å². The number of para-hydroxylation sites is 1. The van der Waals surface area contributed by atoms with Crippen molar-refractivity contribution in [3.8, 4) is 5.75 Å². The summed E-state index contributed by atoms with van der Waals surface area (Å²) in [4.78, 5) is 18.7. The van der Waals surface area contributed by atoms with Crippen LogP contribution in [-0.4, -0.2) is 28.9 Å². The van der Waals surface area contributed by atoms with Crippen LogP contribution in [-0.2, 0) is 14.4 Å². The zero-order valence-electron chi connectivity index (χ0n) is 17.5. The largest absolute Gasteiger partial charge is 0.418 e. The van der Waals surface area contributed by atoms with Gasteiger partial charge < -0.3 is 9.47 Å². The SMILES string of the molecule is CON1C(=O)C(c2c(C)cc(C)cc2C)=C(OC(=S)Oc2ccccc2)C1(C)C. The molecule has 1 amide bonds. The van der Waals surface area contributed by atoms with Crippen LogP contribution in [0.15, 0.2) is 48.2 Å². The Bertz CT molecular complexity index is 972. The summed E-state index contributed by atoms with van der Waals surface area (Å²) in [6.45, 7) is 9.69. The Morgan fingerprint density at radius 2 is 1.59 bits per heavy atom. The summed E-state index contributed by atoms with van der Waals surface area (Å²) in [5.74, 6) is 0.693. The highest BCUT2D eigenvalue weighted by Gasteiger charge is 2.49. The Kier molecular flexibility index (Phi) is 5.78. The lowest BCUT2D eigenvalue weighted by molar-refractivity contribution is -0.189. The Balaban J connectivity index is 2.09. The van der Waals surface area contributed by atoms with Crippen molar-refractivity contribution >= 4 is 28.9 Å². The summed E-state index contributed by atoms with van der Waals surface area (Å²) in [6.07, 6.45) is 0. The monoisotopic (exact) mass is 411 g/mol. The van der Waals surface area contributed by atoms with Gasteiger partial charge in [-0.1, -0.05) is 35.9 Å². The molecule has 0 saturated heterocycles. The minimum absolute atomic E-state index is 0.0788. The first-order valence-electron chi connectivity index (χ1n) is 9.33. The number of hydroxylamine groups is 2. The lowest BCUT2D eigenvalue weighted by Gasteiger charge is -2.30. The summed E-state index contributed by atoms with van der Waals surface area (Å²) >= 11 is 5.33. The molecule has 0 saturated carbocycles. The number of benzene rings is 2. The van der Waals surface area contributed by atoms with Gasteiger partial charge in [0.1, 0.15) is 17.0 Å². The van der Waals surface area contributed by atoms with Gasteiger partial charge in [0, 0.05) is 12.2 Å². The van der Waals surface area contributed by atoms with Crippen LogP contribution in [0.3, 0.4) is 0 Å². The van der Waals surface area contributed by atoms with Gasteiger partial charge in [0.05, 0.1) is 12.7 Å². The summed E-state index contributed by atoms with van der Waals surface area (Å²) in [6, 6.07) is 13.2. The van der Waals surface area contributed by atoms with E-state index >= 15 is 0 Å². The number of hydrogen-bond acceptors (Lipinski definition) is 5. The highest BCUT2D eigenvalue weighted by molar-refractivity contribution is 7.79. The van der Waals surface area contributed by atoms with Gasteiger partial charge >= 0.3 is 5.24 Å². The van der Waals surface area contributed by atoms with E-state index in [2.05, 4.69) is 0 Å². The second-order valence-electron chi connectivity index (χ2n) is 7.59. The molecule has 0 radical (unpaired) electrons. The number of rotatable bonds is 4. The molecule has 0 spiro atoms. The van der Waals surface area contributed by atoms with E-state index in [1.807, 2.05) is 65.0 Å². The number of amides is 1. The van der Waals surface area contributed by atoms with E-state index in [-0.39, 0.29) is 11.1 Å². The molecule has 29 heavy (non-hydrogen) atoms. The molecular formula is C23H25NO4S. The van der Waals surface area contributed by atoms with E-state index < -0.39 is 5.54 Å². The van der Waals surface area contributed by atoms with Gasteiger partial charge in [0.15, 0.2) is 0 Å². The molecule has 1 heterocycles. The van der Waals surface area contributed by atoms with E-state index in [9.17, 15) is 4.79 Å². The van der Waals surface area contributed by atoms with E-state index in [4.69, 9.17) is 26.5 Å². The predicted molar refractivity (Wildman–Crippen MR) is 116 cm³/mol.